The lowest BCUT2D eigenvalue weighted by Gasteiger charge is -2.23. The van der Waals surface area contributed by atoms with Crippen molar-refractivity contribution in [3.63, 3.8) is 0 Å². The monoisotopic (exact) mass is 327 g/mol. The van der Waals surface area contributed by atoms with Gasteiger partial charge in [0.25, 0.3) is 0 Å². The summed E-state index contributed by atoms with van der Waals surface area (Å²) in [4.78, 5) is 10.7. The SMILES string of the molecule is CC(C)n1cc(F)c2c(N(NS(C)(=O)=O)C3CC3)ncnc21. The van der Waals surface area contributed by atoms with Gasteiger partial charge in [-0.2, -0.15) is 0 Å². The molecule has 0 saturated heterocycles. The molecule has 2 aromatic heterocycles. The number of fused-ring (bicyclic) bond motifs is 1. The Labute approximate surface area is 128 Å². The quantitative estimate of drug-likeness (QED) is 0.844. The maximum Gasteiger partial charge on any atom is 0.225 e. The van der Waals surface area contributed by atoms with Crippen molar-refractivity contribution in [3.8, 4) is 0 Å². The summed E-state index contributed by atoms with van der Waals surface area (Å²) < 4.78 is 39.3. The van der Waals surface area contributed by atoms with E-state index in [1.165, 1.54) is 17.5 Å². The average Bonchev–Trinajstić information content (AvgIpc) is 3.19. The van der Waals surface area contributed by atoms with E-state index in [0.717, 1.165) is 19.1 Å². The highest BCUT2D eigenvalue weighted by atomic mass is 32.2. The van der Waals surface area contributed by atoms with Gasteiger partial charge in [0.1, 0.15) is 12.0 Å². The van der Waals surface area contributed by atoms with E-state index in [-0.39, 0.29) is 23.3 Å². The molecular weight excluding hydrogens is 309 g/mol. The lowest BCUT2D eigenvalue weighted by atomic mass is 10.3. The van der Waals surface area contributed by atoms with E-state index in [2.05, 4.69) is 14.8 Å². The molecule has 0 radical (unpaired) electrons. The first-order valence-corrected chi connectivity index (χ1v) is 8.95. The van der Waals surface area contributed by atoms with E-state index in [9.17, 15) is 12.8 Å². The molecule has 0 atom stereocenters. The zero-order chi connectivity index (χ0) is 16.1. The molecule has 0 bridgehead atoms. The van der Waals surface area contributed by atoms with Gasteiger partial charge in [-0.3, -0.25) is 5.01 Å². The lowest BCUT2D eigenvalue weighted by molar-refractivity contribution is 0.579. The van der Waals surface area contributed by atoms with Crippen molar-refractivity contribution in [2.45, 2.75) is 38.8 Å². The Morgan fingerprint density at radius 1 is 1.41 bits per heavy atom. The third-order valence-corrected chi connectivity index (χ3v) is 4.03. The first-order chi connectivity index (χ1) is 10.3. The summed E-state index contributed by atoms with van der Waals surface area (Å²) in [5.41, 5.74) is 0.457. The zero-order valence-corrected chi connectivity index (χ0v) is 13.4. The van der Waals surface area contributed by atoms with E-state index >= 15 is 0 Å². The third kappa shape index (κ3) is 2.78. The van der Waals surface area contributed by atoms with Crippen LogP contribution in [0.5, 0.6) is 0 Å². The van der Waals surface area contributed by atoms with Crippen LogP contribution >= 0.6 is 0 Å². The van der Waals surface area contributed by atoms with E-state index in [1.807, 2.05) is 13.8 Å². The van der Waals surface area contributed by atoms with Gasteiger partial charge in [0.2, 0.25) is 10.0 Å². The fourth-order valence-corrected chi connectivity index (χ4v) is 3.00. The molecule has 0 spiro atoms. The summed E-state index contributed by atoms with van der Waals surface area (Å²) in [5.74, 6) is -0.199. The molecule has 1 fully saturated rings. The van der Waals surface area contributed by atoms with Crippen LogP contribution in [0.3, 0.4) is 0 Å². The number of hydrazine groups is 1. The van der Waals surface area contributed by atoms with Crippen molar-refractivity contribution in [3.05, 3.63) is 18.3 Å². The number of anilines is 1. The summed E-state index contributed by atoms with van der Waals surface area (Å²) >= 11 is 0. The van der Waals surface area contributed by atoms with Crippen LogP contribution in [0.2, 0.25) is 0 Å². The molecule has 1 N–H and O–H groups in total. The summed E-state index contributed by atoms with van der Waals surface area (Å²) in [5, 5.41) is 1.67. The molecule has 0 aliphatic heterocycles. The minimum atomic E-state index is -3.48. The zero-order valence-electron chi connectivity index (χ0n) is 12.6. The molecule has 2 heterocycles. The maximum absolute atomic E-state index is 14.4. The highest BCUT2D eigenvalue weighted by Crippen LogP contribution is 2.35. The smallest absolute Gasteiger partial charge is 0.225 e. The van der Waals surface area contributed by atoms with Crippen LogP contribution in [0, 0.1) is 5.82 Å². The van der Waals surface area contributed by atoms with Gasteiger partial charge in [-0.05, 0) is 26.7 Å². The van der Waals surface area contributed by atoms with Gasteiger partial charge < -0.3 is 4.57 Å². The van der Waals surface area contributed by atoms with Crippen molar-refractivity contribution in [1.82, 2.24) is 19.4 Å². The second-order valence-corrected chi connectivity index (χ2v) is 7.57. The van der Waals surface area contributed by atoms with Crippen LogP contribution in [0.1, 0.15) is 32.7 Å². The van der Waals surface area contributed by atoms with Gasteiger partial charge in [-0.25, -0.2) is 22.8 Å². The number of hydrogen-bond donors (Lipinski definition) is 1. The third-order valence-electron chi connectivity index (χ3n) is 3.50. The molecule has 1 saturated carbocycles. The molecule has 0 amide bonds. The van der Waals surface area contributed by atoms with Crippen molar-refractivity contribution in [2.24, 2.45) is 0 Å². The van der Waals surface area contributed by atoms with Crippen molar-refractivity contribution >= 4 is 26.9 Å². The Balaban J connectivity index is 2.17. The first kappa shape index (κ1) is 15.2. The van der Waals surface area contributed by atoms with E-state index in [1.54, 1.807) is 4.57 Å². The Hall–Kier alpha value is -1.74. The van der Waals surface area contributed by atoms with Gasteiger partial charge in [-0.1, -0.05) is 0 Å². The Morgan fingerprint density at radius 2 is 2.09 bits per heavy atom. The molecule has 0 aromatic carbocycles. The number of rotatable bonds is 5. The van der Waals surface area contributed by atoms with Gasteiger partial charge in [-0.15, -0.1) is 4.83 Å². The Morgan fingerprint density at radius 3 is 2.64 bits per heavy atom. The molecule has 1 aliphatic carbocycles. The molecule has 22 heavy (non-hydrogen) atoms. The van der Waals surface area contributed by atoms with E-state index in [4.69, 9.17) is 0 Å². The minimum absolute atomic E-state index is 0.00498. The molecule has 120 valence electrons. The molecule has 0 unspecified atom stereocenters. The Bertz CT molecular complexity index is 813. The largest absolute Gasteiger partial charge is 0.327 e. The van der Waals surface area contributed by atoms with Crippen molar-refractivity contribution in [1.29, 1.82) is 0 Å². The average molecular weight is 327 g/mol. The number of hydrogen-bond acceptors (Lipinski definition) is 5. The molecule has 2 aromatic rings. The van der Waals surface area contributed by atoms with Crippen LogP contribution in [-0.4, -0.2) is 35.3 Å². The highest BCUT2D eigenvalue weighted by molar-refractivity contribution is 7.88. The molecule has 7 nitrogen and oxygen atoms in total. The number of aromatic nitrogens is 3. The number of nitrogens with one attached hydrogen (secondary N) is 1. The Kier molecular flexibility index (Phi) is 3.56. The fraction of sp³-hybridized carbons (Fsp3) is 0.538. The van der Waals surface area contributed by atoms with Gasteiger partial charge in [0, 0.05) is 18.3 Å². The summed E-state index contributed by atoms with van der Waals surface area (Å²) in [6.07, 6.45) is 5.44. The van der Waals surface area contributed by atoms with E-state index < -0.39 is 15.8 Å². The molecule has 1 aliphatic rings. The van der Waals surface area contributed by atoms with Crippen molar-refractivity contribution in [2.75, 3.05) is 11.3 Å². The maximum atomic E-state index is 14.4. The topological polar surface area (TPSA) is 80.1 Å². The van der Waals surface area contributed by atoms with Crippen LogP contribution < -0.4 is 9.84 Å². The molecule has 3 rings (SSSR count). The van der Waals surface area contributed by atoms with Crippen LogP contribution in [-0.2, 0) is 10.0 Å². The summed E-state index contributed by atoms with van der Waals surface area (Å²) in [6.45, 7) is 3.85. The van der Waals surface area contributed by atoms with Crippen molar-refractivity contribution < 1.29 is 12.8 Å². The van der Waals surface area contributed by atoms with Gasteiger partial charge in [0.05, 0.1) is 11.6 Å². The number of halogens is 1. The molecular formula is C13H18FN5O2S. The van der Waals surface area contributed by atoms with E-state index in [0.29, 0.717) is 5.65 Å². The fourth-order valence-electron chi connectivity index (χ4n) is 2.40. The van der Waals surface area contributed by atoms with Gasteiger partial charge in [0.15, 0.2) is 11.6 Å². The van der Waals surface area contributed by atoms with Crippen LogP contribution in [0.4, 0.5) is 10.2 Å². The molecule has 9 heteroatoms. The predicted molar refractivity (Wildman–Crippen MR) is 81.4 cm³/mol. The highest BCUT2D eigenvalue weighted by Gasteiger charge is 2.34. The number of sulfonamides is 1. The van der Waals surface area contributed by atoms with Gasteiger partial charge >= 0.3 is 0 Å². The number of nitrogens with zero attached hydrogens (tertiary/aromatic N) is 4. The lowest BCUT2D eigenvalue weighted by Crippen LogP contribution is -2.44. The second kappa shape index (κ2) is 5.17. The summed E-state index contributed by atoms with van der Waals surface area (Å²) in [7, 11) is -3.48. The summed E-state index contributed by atoms with van der Waals surface area (Å²) in [6, 6.07) is 0.0293. The first-order valence-electron chi connectivity index (χ1n) is 7.05. The second-order valence-electron chi connectivity index (χ2n) is 5.84. The van der Waals surface area contributed by atoms with Crippen LogP contribution in [0.25, 0.3) is 11.0 Å². The normalized spacial score (nSPS) is 15.7. The predicted octanol–water partition coefficient (Wildman–Crippen LogP) is 1.58. The van der Waals surface area contributed by atoms with Crippen LogP contribution in [0.15, 0.2) is 12.5 Å². The standard InChI is InChI=1S/C13H18FN5O2S/c1-8(2)18-6-10(14)11-12(18)15-7-16-13(11)19(9-4-5-9)17-22(3,20)21/h6-9,17H,4-5H2,1-3H3. The minimum Gasteiger partial charge on any atom is -0.327 e.